The van der Waals surface area contributed by atoms with Crippen LogP contribution in [0.3, 0.4) is 0 Å². The molecule has 3 atom stereocenters. The van der Waals surface area contributed by atoms with E-state index < -0.39 is 44.2 Å². The van der Waals surface area contributed by atoms with Crippen LogP contribution in [0.25, 0.3) is 0 Å². The van der Waals surface area contributed by atoms with E-state index in [1.165, 1.54) is 22.5 Å². The summed E-state index contributed by atoms with van der Waals surface area (Å²) < 4.78 is 35.6. The summed E-state index contributed by atoms with van der Waals surface area (Å²) in [7, 11) is -2.48. The third kappa shape index (κ3) is 8.23. The van der Waals surface area contributed by atoms with Crippen molar-refractivity contribution >= 4 is 27.5 Å². The van der Waals surface area contributed by atoms with Gasteiger partial charge in [-0.3, -0.25) is 9.69 Å². The van der Waals surface area contributed by atoms with Gasteiger partial charge >= 0.3 is 0 Å². The van der Waals surface area contributed by atoms with Gasteiger partial charge < -0.3 is 19.3 Å². The molecule has 1 aromatic carbocycles. The molecule has 1 aromatic rings. The molecule has 258 valence electrons. The van der Waals surface area contributed by atoms with Crippen molar-refractivity contribution in [2.45, 2.75) is 75.9 Å². The highest BCUT2D eigenvalue weighted by molar-refractivity contribution is 7.89. The molecular formula is C29H41N7O10S. The number of rotatable bonds is 17. The molecule has 47 heavy (non-hydrogen) atoms. The monoisotopic (exact) mass is 679 g/mol. The van der Waals surface area contributed by atoms with Crippen LogP contribution in [0.5, 0.6) is 5.75 Å². The summed E-state index contributed by atoms with van der Waals surface area (Å²) >= 11 is 0. The molecule has 1 fully saturated rings. The SMILES string of the molecule is CCCOc1ccc(S(=O)(=O)N2C[C@H](CCO[N+](=O)[O-])N(C)[C@@H](CCO[N+](=O)[O-])C2)cc1C1=NC(=O)C2C(=N1)C(CCC)=CN2CC. The second kappa shape index (κ2) is 15.6. The smallest absolute Gasteiger partial charge is 0.294 e. The lowest BCUT2D eigenvalue weighted by Gasteiger charge is -2.44. The number of amides is 1. The van der Waals surface area contributed by atoms with Crippen LogP contribution in [0.2, 0.25) is 0 Å². The van der Waals surface area contributed by atoms with Crippen LogP contribution in [0.4, 0.5) is 0 Å². The van der Waals surface area contributed by atoms with E-state index in [0.29, 0.717) is 37.5 Å². The standard InChI is InChI=1S/C29H41N7O10S/c1-5-8-20-17-33(7-3)27-26(20)30-28(31-29(27)37)24-16-23(9-10-25(24)44-13-6-2)47(42,43)34-18-21(11-14-45-35(38)39)32(4)22(19-34)12-15-46-36(40)41/h9-10,16-17,21-22,27H,5-8,11-15,18-19H2,1-4H3/t21-,22-,27?/m0/s1. The summed E-state index contributed by atoms with van der Waals surface area (Å²) in [6, 6.07) is 2.71. The van der Waals surface area contributed by atoms with Gasteiger partial charge in [0.15, 0.2) is 11.9 Å². The molecule has 0 N–H and O–H groups in total. The minimum atomic E-state index is -4.20. The van der Waals surface area contributed by atoms with E-state index in [4.69, 9.17) is 9.73 Å². The summed E-state index contributed by atoms with van der Waals surface area (Å²) in [5.74, 6) is -0.00982. The zero-order valence-corrected chi connectivity index (χ0v) is 27.8. The minimum absolute atomic E-state index is 0.0165. The molecule has 1 amide bonds. The first-order valence-corrected chi connectivity index (χ1v) is 17.1. The Kier molecular flexibility index (Phi) is 11.9. The molecule has 17 nitrogen and oxygen atoms in total. The van der Waals surface area contributed by atoms with E-state index >= 15 is 0 Å². The lowest BCUT2D eigenvalue weighted by Crippen LogP contribution is -2.58. The van der Waals surface area contributed by atoms with E-state index in [1.54, 1.807) is 7.05 Å². The van der Waals surface area contributed by atoms with Crippen molar-refractivity contribution in [2.24, 2.45) is 9.98 Å². The van der Waals surface area contributed by atoms with E-state index in [1.807, 2.05) is 36.8 Å². The van der Waals surface area contributed by atoms with Gasteiger partial charge in [-0.15, -0.1) is 20.2 Å². The fourth-order valence-corrected chi connectivity index (χ4v) is 7.51. The maximum absolute atomic E-state index is 14.2. The Bertz CT molecular complexity index is 1520. The normalized spacial score (nSPS) is 21.9. The minimum Gasteiger partial charge on any atom is -0.493 e. The molecule has 0 saturated carbocycles. The number of likely N-dealkylation sites (N-methyl/N-ethyl adjacent to an activating group) is 2. The van der Waals surface area contributed by atoms with Gasteiger partial charge in [0.1, 0.15) is 5.75 Å². The molecule has 1 unspecified atom stereocenters. The van der Waals surface area contributed by atoms with E-state index in [2.05, 4.69) is 14.7 Å². The summed E-state index contributed by atoms with van der Waals surface area (Å²) in [4.78, 5) is 56.6. The van der Waals surface area contributed by atoms with Gasteiger partial charge in [0, 0.05) is 37.9 Å². The second-order valence-electron chi connectivity index (χ2n) is 11.4. The molecule has 0 bridgehead atoms. The molecule has 0 aliphatic carbocycles. The number of piperazine rings is 1. The zero-order chi connectivity index (χ0) is 34.3. The highest BCUT2D eigenvalue weighted by Gasteiger charge is 2.41. The van der Waals surface area contributed by atoms with Crippen LogP contribution < -0.4 is 4.74 Å². The van der Waals surface area contributed by atoms with Gasteiger partial charge in [0.25, 0.3) is 16.1 Å². The highest BCUT2D eigenvalue weighted by atomic mass is 32.2. The van der Waals surface area contributed by atoms with Crippen LogP contribution in [-0.2, 0) is 24.5 Å². The molecule has 0 aromatic heterocycles. The summed E-state index contributed by atoms with van der Waals surface area (Å²) in [5.41, 5.74) is 1.78. The first-order valence-electron chi connectivity index (χ1n) is 15.6. The van der Waals surface area contributed by atoms with Crippen LogP contribution in [0, 0.1) is 20.2 Å². The van der Waals surface area contributed by atoms with E-state index in [9.17, 15) is 33.4 Å². The predicted octanol–water partition coefficient (Wildman–Crippen LogP) is 2.46. The summed E-state index contributed by atoms with van der Waals surface area (Å²) in [5, 5.41) is 19.7. The van der Waals surface area contributed by atoms with Crippen LogP contribution in [0.15, 0.2) is 44.9 Å². The number of hydrogen-bond acceptors (Lipinski definition) is 13. The molecule has 3 aliphatic heterocycles. The number of hydrogen-bond donors (Lipinski definition) is 0. The number of ether oxygens (including phenoxy) is 1. The van der Waals surface area contributed by atoms with E-state index in [-0.39, 0.29) is 55.4 Å². The molecule has 18 heteroatoms. The first-order chi connectivity index (χ1) is 22.4. The van der Waals surface area contributed by atoms with Crippen LogP contribution >= 0.6 is 0 Å². The largest absolute Gasteiger partial charge is 0.493 e. The Hall–Kier alpha value is -4.16. The predicted molar refractivity (Wildman–Crippen MR) is 170 cm³/mol. The number of aliphatic imine (C=N–C) groups is 2. The Balaban J connectivity index is 1.70. The lowest BCUT2D eigenvalue weighted by molar-refractivity contribution is -0.758. The molecule has 0 radical (unpaired) electrons. The molecular weight excluding hydrogens is 638 g/mol. The van der Waals surface area contributed by atoms with Gasteiger partial charge in [-0.05, 0) is 63.4 Å². The number of carbonyl (C=O) groups excluding carboxylic acids is 1. The average molecular weight is 680 g/mol. The maximum atomic E-state index is 14.2. The summed E-state index contributed by atoms with van der Waals surface area (Å²) in [6.45, 7) is 6.28. The Morgan fingerprint density at radius 3 is 2.15 bits per heavy atom. The van der Waals surface area contributed by atoms with Crippen molar-refractivity contribution in [3.8, 4) is 5.75 Å². The topological polar surface area (TPSA) is 200 Å². The van der Waals surface area contributed by atoms with Gasteiger partial charge in [-0.1, -0.05) is 20.3 Å². The number of carbonyl (C=O) groups is 1. The Morgan fingerprint density at radius 1 is 0.957 bits per heavy atom. The average Bonchev–Trinajstić information content (AvgIpc) is 3.39. The fourth-order valence-electron chi connectivity index (χ4n) is 5.97. The van der Waals surface area contributed by atoms with Crippen LogP contribution in [0.1, 0.15) is 58.4 Å². The van der Waals surface area contributed by atoms with Crippen molar-refractivity contribution in [3.05, 3.63) is 55.8 Å². The van der Waals surface area contributed by atoms with Crippen molar-refractivity contribution < 1.29 is 37.8 Å². The Morgan fingerprint density at radius 2 is 1.60 bits per heavy atom. The molecule has 3 heterocycles. The first kappa shape index (κ1) is 35.7. The fraction of sp³-hybridized carbons (Fsp3) is 0.621. The van der Waals surface area contributed by atoms with Crippen molar-refractivity contribution in [2.75, 3.05) is 46.5 Å². The second-order valence-corrected chi connectivity index (χ2v) is 13.3. The number of amidine groups is 1. The van der Waals surface area contributed by atoms with Crippen molar-refractivity contribution in [1.29, 1.82) is 0 Å². The number of sulfonamides is 1. The van der Waals surface area contributed by atoms with Crippen molar-refractivity contribution in [3.63, 3.8) is 0 Å². The van der Waals surface area contributed by atoms with Gasteiger partial charge in [-0.25, -0.2) is 13.4 Å². The quantitative estimate of drug-likeness (QED) is 0.172. The maximum Gasteiger partial charge on any atom is 0.294 e. The molecule has 0 spiro atoms. The third-order valence-electron chi connectivity index (χ3n) is 8.37. The molecule has 4 rings (SSSR count). The zero-order valence-electron chi connectivity index (χ0n) is 26.9. The van der Waals surface area contributed by atoms with Gasteiger partial charge in [0.2, 0.25) is 10.0 Å². The molecule has 3 aliphatic rings. The molecule has 1 saturated heterocycles. The van der Waals surface area contributed by atoms with E-state index in [0.717, 1.165) is 12.0 Å². The lowest BCUT2D eigenvalue weighted by atomic mass is 10.0. The van der Waals surface area contributed by atoms with Gasteiger partial charge in [-0.2, -0.15) is 9.30 Å². The summed E-state index contributed by atoms with van der Waals surface area (Å²) in [6.07, 6.45) is 4.44. The number of benzene rings is 1. The number of nitrogens with zero attached hydrogens (tertiary/aromatic N) is 7. The van der Waals surface area contributed by atoms with Crippen LogP contribution in [-0.4, -0.2) is 115 Å². The number of fused-ring (bicyclic) bond motifs is 1. The third-order valence-corrected chi connectivity index (χ3v) is 10.2. The van der Waals surface area contributed by atoms with Gasteiger partial charge in [0.05, 0.1) is 36.0 Å². The van der Waals surface area contributed by atoms with Crippen molar-refractivity contribution in [1.82, 2.24) is 14.1 Å². The highest BCUT2D eigenvalue weighted by Crippen LogP contribution is 2.32. The Labute approximate surface area is 273 Å².